The van der Waals surface area contributed by atoms with Crippen molar-refractivity contribution < 1.29 is 21.6 Å². The monoisotopic (exact) mass is 394 g/mol. The lowest BCUT2D eigenvalue weighted by Gasteiger charge is -2.17. The van der Waals surface area contributed by atoms with E-state index in [1.54, 1.807) is 14.0 Å². The van der Waals surface area contributed by atoms with Crippen LogP contribution in [0, 0.1) is 0 Å². The third kappa shape index (κ3) is 7.20. The molecule has 0 atom stereocenters. The molecule has 0 unspecified atom stereocenters. The van der Waals surface area contributed by atoms with E-state index in [4.69, 9.17) is 0 Å². The van der Waals surface area contributed by atoms with E-state index in [1.807, 2.05) is 0 Å². The molecule has 1 rings (SSSR count). The molecule has 10 heteroatoms. The molecule has 0 radical (unpaired) electrons. The fourth-order valence-corrected chi connectivity index (χ4v) is 2.93. The fraction of sp³-hybridized carbons (Fsp3) is 0.562. The topological polar surface area (TPSA) is 73.8 Å². The predicted octanol–water partition coefficient (Wildman–Crippen LogP) is 2.04. The Labute approximate surface area is 152 Å². The van der Waals surface area contributed by atoms with Crippen molar-refractivity contribution in [1.82, 2.24) is 14.9 Å². The van der Waals surface area contributed by atoms with E-state index in [-0.39, 0.29) is 5.75 Å². The van der Waals surface area contributed by atoms with Gasteiger partial charge in [0, 0.05) is 33.7 Å². The normalized spacial score (nSPS) is 13.1. The Morgan fingerprint density at radius 3 is 2.31 bits per heavy atom. The Morgan fingerprint density at radius 2 is 1.81 bits per heavy atom. The number of halogens is 3. The van der Waals surface area contributed by atoms with Gasteiger partial charge in [-0.3, -0.25) is 4.99 Å². The maximum Gasteiger partial charge on any atom is 0.416 e. The molecule has 26 heavy (non-hydrogen) atoms. The molecule has 0 saturated heterocycles. The zero-order valence-corrected chi connectivity index (χ0v) is 15.9. The first-order chi connectivity index (χ1) is 12.1. The number of benzene rings is 1. The summed E-state index contributed by atoms with van der Waals surface area (Å²) in [7, 11) is -0.0679. The van der Waals surface area contributed by atoms with Crippen molar-refractivity contribution in [2.45, 2.75) is 26.1 Å². The molecule has 1 aromatic carbocycles. The van der Waals surface area contributed by atoms with E-state index in [0.717, 1.165) is 12.1 Å². The van der Waals surface area contributed by atoms with Crippen LogP contribution in [0.1, 0.15) is 24.5 Å². The van der Waals surface area contributed by atoms with Crippen molar-refractivity contribution in [3.63, 3.8) is 0 Å². The van der Waals surface area contributed by atoms with Gasteiger partial charge in [0.15, 0.2) is 5.96 Å². The average molecular weight is 394 g/mol. The van der Waals surface area contributed by atoms with Gasteiger partial charge in [0.25, 0.3) is 0 Å². The molecule has 0 aromatic heterocycles. The molecule has 0 fully saturated rings. The summed E-state index contributed by atoms with van der Waals surface area (Å²) in [4.78, 5) is 4.02. The van der Waals surface area contributed by atoms with Gasteiger partial charge >= 0.3 is 6.18 Å². The van der Waals surface area contributed by atoms with Crippen LogP contribution in [0.15, 0.2) is 29.3 Å². The van der Waals surface area contributed by atoms with Crippen LogP contribution in [0.5, 0.6) is 0 Å². The molecule has 0 saturated carbocycles. The number of alkyl halides is 3. The summed E-state index contributed by atoms with van der Waals surface area (Å²) in [5.41, 5.74) is 0.00429. The maximum atomic E-state index is 12.5. The minimum atomic E-state index is -4.35. The molecular formula is C16H25F3N4O2S. The number of guanidine groups is 1. The highest BCUT2D eigenvalue weighted by atomic mass is 32.2. The third-order valence-electron chi connectivity index (χ3n) is 3.75. The van der Waals surface area contributed by atoms with Crippen LogP contribution >= 0.6 is 0 Å². The van der Waals surface area contributed by atoms with Gasteiger partial charge in [-0.1, -0.05) is 12.1 Å². The number of nitrogens with zero attached hydrogens (tertiary/aromatic N) is 2. The second-order valence-electron chi connectivity index (χ2n) is 5.62. The second-order valence-corrected chi connectivity index (χ2v) is 7.99. The Kier molecular flexibility index (Phi) is 8.35. The Balaban J connectivity index is 2.40. The molecular weight excluding hydrogens is 369 g/mol. The van der Waals surface area contributed by atoms with Crippen LogP contribution in [0.25, 0.3) is 0 Å². The van der Waals surface area contributed by atoms with Gasteiger partial charge in [-0.05, 0) is 31.0 Å². The van der Waals surface area contributed by atoms with Crippen LogP contribution in [-0.2, 0) is 22.7 Å². The molecule has 0 spiro atoms. The van der Waals surface area contributed by atoms with Gasteiger partial charge in [0.1, 0.15) is 0 Å². The quantitative estimate of drug-likeness (QED) is 0.402. The lowest BCUT2D eigenvalue weighted by Crippen LogP contribution is -2.38. The number of aliphatic imine (C=N–C) groups is 1. The number of sulfonamides is 1. The molecule has 6 nitrogen and oxygen atoms in total. The summed E-state index contributed by atoms with van der Waals surface area (Å²) in [5, 5.41) is 6.04. The van der Waals surface area contributed by atoms with E-state index in [0.29, 0.717) is 37.6 Å². The van der Waals surface area contributed by atoms with E-state index in [2.05, 4.69) is 15.6 Å². The Hall–Kier alpha value is -1.81. The number of hydrogen-bond donors (Lipinski definition) is 2. The molecule has 0 bridgehead atoms. The summed E-state index contributed by atoms with van der Waals surface area (Å²) in [5.74, 6) is 0.554. The highest BCUT2D eigenvalue weighted by Crippen LogP contribution is 2.28. The lowest BCUT2D eigenvalue weighted by molar-refractivity contribution is -0.137. The SMILES string of the molecule is CCS(=O)(=O)N(C)CCCNC(=NC)NCc1ccc(C(F)(F)F)cc1. The van der Waals surface area contributed by atoms with Crippen molar-refractivity contribution in [2.75, 3.05) is 32.9 Å². The fourth-order valence-electron chi connectivity index (χ4n) is 2.09. The van der Waals surface area contributed by atoms with Gasteiger partial charge in [0.05, 0.1) is 11.3 Å². The number of hydrogen-bond acceptors (Lipinski definition) is 3. The van der Waals surface area contributed by atoms with Crippen molar-refractivity contribution >= 4 is 16.0 Å². The van der Waals surface area contributed by atoms with E-state index < -0.39 is 21.8 Å². The molecule has 0 heterocycles. The van der Waals surface area contributed by atoms with Gasteiger partial charge in [0.2, 0.25) is 10.0 Å². The van der Waals surface area contributed by atoms with Gasteiger partial charge in [-0.2, -0.15) is 13.2 Å². The highest BCUT2D eigenvalue weighted by molar-refractivity contribution is 7.89. The Bertz CT molecular complexity index is 688. The first-order valence-corrected chi connectivity index (χ1v) is 9.75. The van der Waals surface area contributed by atoms with Crippen LogP contribution < -0.4 is 10.6 Å². The van der Waals surface area contributed by atoms with Crippen molar-refractivity contribution in [2.24, 2.45) is 4.99 Å². The maximum absolute atomic E-state index is 12.5. The Morgan fingerprint density at radius 1 is 1.19 bits per heavy atom. The van der Waals surface area contributed by atoms with Crippen LogP contribution in [0.2, 0.25) is 0 Å². The van der Waals surface area contributed by atoms with Gasteiger partial charge in [-0.15, -0.1) is 0 Å². The molecule has 0 aliphatic heterocycles. The zero-order valence-electron chi connectivity index (χ0n) is 15.1. The standard InChI is InChI=1S/C16H25F3N4O2S/c1-4-26(24,25)23(3)11-5-10-21-15(20-2)22-12-13-6-8-14(9-7-13)16(17,18)19/h6-9H,4-5,10-12H2,1-3H3,(H2,20,21,22). The zero-order chi connectivity index (χ0) is 19.8. The van der Waals surface area contributed by atoms with Crippen molar-refractivity contribution in [3.8, 4) is 0 Å². The summed E-state index contributed by atoms with van der Waals surface area (Å²) in [6.45, 7) is 2.81. The third-order valence-corrected chi connectivity index (χ3v) is 5.61. The first kappa shape index (κ1) is 22.2. The molecule has 2 N–H and O–H groups in total. The first-order valence-electron chi connectivity index (χ1n) is 8.14. The predicted molar refractivity (Wildman–Crippen MR) is 96.4 cm³/mol. The van der Waals surface area contributed by atoms with E-state index in [9.17, 15) is 21.6 Å². The summed E-state index contributed by atoms with van der Waals surface area (Å²) < 4.78 is 62.2. The van der Waals surface area contributed by atoms with E-state index in [1.165, 1.54) is 23.5 Å². The van der Waals surface area contributed by atoms with Crippen LogP contribution in [-0.4, -0.2) is 51.6 Å². The van der Waals surface area contributed by atoms with Crippen LogP contribution in [0.3, 0.4) is 0 Å². The van der Waals surface area contributed by atoms with Crippen LogP contribution in [0.4, 0.5) is 13.2 Å². The molecule has 148 valence electrons. The lowest BCUT2D eigenvalue weighted by atomic mass is 10.1. The summed E-state index contributed by atoms with van der Waals surface area (Å²) >= 11 is 0. The number of rotatable bonds is 8. The van der Waals surface area contributed by atoms with Crippen molar-refractivity contribution in [1.29, 1.82) is 0 Å². The minimum absolute atomic E-state index is 0.0628. The number of nitrogens with one attached hydrogen (secondary N) is 2. The molecule has 0 aliphatic rings. The molecule has 1 aromatic rings. The highest BCUT2D eigenvalue weighted by Gasteiger charge is 2.29. The summed E-state index contributed by atoms with van der Waals surface area (Å²) in [6.07, 6.45) is -3.75. The van der Waals surface area contributed by atoms with Gasteiger partial charge < -0.3 is 10.6 Å². The average Bonchev–Trinajstić information content (AvgIpc) is 2.60. The van der Waals surface area contributed by atoms with Crippen molar-refractivity contribution in [3.05, 3.63) is 35.4 Å². The minimum Gasteiger partial charge on any atom is -0.356 e. The largest absolute Gasteiger partial charge is 0.416 e. The molecule has 0 aliphatic carbocycles. The van der Waals surface area contributed by atoms with E-state index >= 15 is 0 Å². The van der Waals surface area contributed by atoms with Gasteiger partial charge in [-0.25, -0.2) is 12.7 Å². The molecule has 0 amide bonds. The summed E-state index contributed by atoms with van der Waals surface area (Å²) in [6, 6.07) is 4.90. The second kappa shape index (κ2) is 9.77. The smallest absolute Gasteiger partial charge is 0.356 e.